The third kappa shape index (κ3) is 4.40. The number of amides is 3. The van der Waals surface area contributed by atoms with Crippen LogP contribution in [0.4, 0.5) is 14.5 Å². The van der Waals surface area contributed by atoms with Crippen molar-refractivity contribution in [2.45, 2.75) is 31.8 Å². The van der Waals surface area contributed by atoms with Gasteiger partial charge in [0.15, 0.2) is 0 Å². The first-order chi connectivity index (χ1) is 16.4. The summed E-state index contributed by atoms with van der Waals surface area (Å²) in [5, 5.41) is 2.28. The Morgan fingerprint density at radius 3 is 2.41 bits per heavy atom. The number of imide groups is 1. The topological polar surface area (TPSA) is 73.0 Å². The average Bonchev–Trinajstić information content (AvgIpc) is 3.14. The third-order valence-corrected chi connectivity index (χ3v) is 6.93. The third-order valence-electron chi connectivity index (χ3n) is 6.93. The number of fused-ring (bicyclic) bond motifs is 1. The number of halogens is 2. The van der Waals surface area contributed by atoms with Gasteiger partial charge in [-0.05, 0) is 48.2 Å². The van der Waals surface area contributed by atoms with Gasteiger partial charge in [-0.3, -0.25) is 24.6 Å². The van der Waals surface area contributed by atoms with E-state index in [1.807, 2.05) is 4.90 Å². The quantitative estimate of drug-likeness (QED) is 0.681. The number of carbonyl (C=O) groups excluding carboxylic acids is 3. The zero-order valence-electron chi connectivity index (χ0n) is 18.7. The number of hydrogen-bond donors (Lipinski definition) is 1. The molecular weight excluding hydrogens is 442 g/mol. The van der Waals surface area contributed by atoms with Crippen LogP contribution in [0, 0.1) is 11.6 Å². The van der Waals surface area contributed by atoms with Crippen molar-refractivity contribution in [3.63, 3.8) is 0 Å². The summed E-state index contributed by atoms with van der Waals surface area (Å²) in [7, 11) is 0. The number of nitrogens with one attached hydrogen (secondary N) is 1. The minimum absolute atomic E-state index is 0.182. The highest BCUT2D eigenvalue weighted by Gasteiger charge is 2.39. The maximum atomic E-state index is 15.0. The molecule has 5 rings (SSSR count). The predicted octanol–water partition coefficient (Wildman–Crippen LogP) is 2.09. The fourth-order valence-corrected chi connectivity index (χ4v) is 4.97. The minimum Gasteiger partial charge on any atom is -0.367 e. The molecule has 34 heavy (non-hydrogen) atoms. The fraction of sp³-hybridized carbons (Fsp3) is 0.400. The summed E-state index contributed by atoms with van der Waals surface area (Å²) < 4.78 is 28.1. The molecule has 3 aliphatic heterocycles. The van der Waals surface area contributed by atoms with Crippen LogP contribution >= 0.6 is 0 Å². The SMILES string of the molecule is O=C1CCC(N2Cc3cc(N4CCN(CCc5ccc(F)cc5)CC4)c(F)cc3C2=O)C(=O)N1. The van der Waals surface area contributed by atoms with Crippen LogP contribution in [0.2, 0.25) is 0 Å². The summed E-state index contributed by atoms with van der Waals surface area (Å²) in [5.74, 6) is -1.88. The second-order valence-corrected chi connectivity index (χ2v) is 9.07. The number of piperazine rings is 1. The van der Waals surface area contributed by atoms with Gasteiger partial charge in [-0.1, -0.05) is 12.1 Å². The molecule has 178 valence electrons. The van der Waals surface area contributed by atoms with Gasteiger partial charge < -0.3 is 9.80 Å². The van der Waals surface area contributed by atoms with E-state index < -0.39 is 17.8 Å². The highest BCUT2D eigenvalue weighted by molar-refractivity contribution is 6.05. The largest absolute Gasteiger partial charge is 0.367 e. The van der Waals surface area contributed by atoms with Gasteiger partial charge in [0, 0.05) is 51.3 Å². The summed E-state index contributed by atoms with van der Waals surface area (Å²) in [6.45, 7) is 3.94. The molecule has 9 heteroatoms. The van der Waals surface area contributed by atoms with Gasteiger partial charge in [-0.2, -0.15) is 0 Å². The molecule has 0 saturated carbocycles. The van der Waals surface area contributed by atoms with E-state index in [1.54, 1.807) is 18.2 Å². The van der Waals surface area contributed by atoms with Crippen molar-refractivity contribution in [1.82, 2.24) is 15.1 Å². The number of carbonyl (C=O) groups is 3. The number of rotatable bonds is 5. The zero-order valence-corrected chi connectivity index (χ0v) is 18.7. The standard InChI is InChI=1S/C25H26F2N4O3/c26-18-3-1-16(2-4-18)7-8-29-9-11-30(12-10-29)22-13-17-15-31(25(34)19(17)14-20(22)27)21-5-6-23(32)28-24(21)33/h1-4,13-14,21H,5-12,15H2,(H,28,32,33). The van der Waals surface area contributed by atoms with Crippen molar-refractivity contribution < 1.29 is 23.2 Å². The number of benzene rings is 2. The normalized spacial score (nSPS) is 21.1. The summed E-state index contributed by atoms with van der Waals surface area (Å²) in [4.78, 5) is 42.3. The van der Waals surface area contributed by atoms with Crippen molar-refractivity contribution in [3.8, 4) is 0 Å². The van der Waals surface area contributed by atoms with Crippen LogP contribution in [-0.4, -0.2) is 66.3 Å². The molecule has 0 radical (unpaired) electrons. The Bertz CT molecular complexity index is 1130. The zero-order chi connectivity index (χ0) is 23.8. The number of anilines is 1. The lowest BCUT2D eigenvalue weighted by Crippen LogP contribution is -2.52. The molecule has 1 atom stereocenters. The Labute approximate surface area is 196 Å². The van der Waals surface area contributed by atoms with Gasteiger partial charge in [0.05, 0.1) is 5.69 Å². The lowest BCUT2D eigenvalue weighted by molar-refractivity contribution is -0.136. The molecule has 0 spiro atoms. The van der Waals surface area contributed by atoms with E-state index in [-0.39, 0.29) is 42.6 Å². The molecule has 1 N–H and O–H groups in total. The molecule has 0 bridgehead atoms. The minimum atomic E-state index is -0.714. The fourth-order valence-electron chi connectivity index (χ4n) is 4.97. The van der Waals surface area contributed by atoms with Crippen LogP contribution in [0.15, 0.2) is 36.4 Å². The Balaban J connectivity index is 1.22. The van der Waals surface area contributed by atoms with Crippen molar-refractivity contribution >= 4 is 23.4 Å². The van der Waals surface area contributed by atoms with Gasteiger partial charge in [-0.25, -0.2) is 8.78 Å². The molecule has 2 aromatic rings. The monoisotopic (exact) mass is 468 g/mol. The second-order valence-electron chi connectivity index (χ2n) is 9.07. The van der Waals surface area contributed by atoms with Gasteiger partial charge in [-0.15, -0.1) is 0 Å². The Morgan fingerprint density at radius 2 is 1.71 bits per heavy atom. The van der Waals surface area contributed by atoms with E-state index in [1.165, 1.54) is 23.1 Å². The van der Waals surface area contributed by atoms with Crippen LogP contribution in [0.5, 0.6) is 0 Å². The van der Waals surface area contributed by atoms with Crippen molar-refractivity contribution in [3.05, 3.63) is 64.7 Å². The summed E-state index contributed by atoms with van der Waals surface area (Å²) in [6, 6.07) is 8.82. The van der Waals surface area contributed by atoms with Crippen molar-refractivity contribution in [1.29, 1.82) is 0 Å². The molecule has 2 aromatic carbocycles. The predicted molar refractivity (Wildman–Crippen MR) is 121 cm³/mol. The van der Waals surface area contributed by atoms with E-state index >= 15 is 4.39 Å². The summed E-state index contributed by atoms with van der Waals surface area (Å²) in [6.07, 6.45) is 1.28. The molecule has 2 saturated heterocycles. The van der Waals surface area contributed by atoms with Crippen LogP contribution < -0.4 is 10.2 Å². The average molecular weight is 469 g/mol. The molecule has 2 fully saturated rings. The Kier molecular flexibility index (Phi) is 6.03. The number of piperidine rings is 1. The van der Waals surface area contributed by atoms with Crippen molar-refractivity contribution in [2.75, 3.05) is 37.6 Å². The van der Waals surface area contributed by atoms with E-state index in [2.05, 4.69) is 10.2 Å². The van der Waals surface area contributed by atoms with E-state index in [0.717, 1.165) is 31.6 Å². The van der Waals surface area contributed by atoms with Gasteiger partial charge in [0.25, 0.3) is 5.91 Å². The molecule has 7 nitrogen and oxygen atoms in total. The molecule has 3 aliphatic rings. The van der Waals surface area contributed by atoms with E-state index in [4.69, 9.17) is 0 Å². The highest BCUT2D eigenvalue weighted by atomic mass is 19.1. The van der Waals surface area contributed by atoms with Gasteiger partial charge in [0.2, 0.25) is 11.8 Å². The summed E-state index contributed by atoms with van der Waals surface area (Å²) in [5.41, 5.74) is 2.53. The Hall–Kier alpha value is -3.33. The first-order valence-electron chi connectivity index (χ1n) is 11.6. The van der Waals surface area contributed by atoms with Crippen LogP contribution in [0.25, 0.3) is 0 Å². The molecule has 3 heterocycles. The van der Waals surface area contributed by atoms with E-state index in [0.29, 0.717) is 24.3 Å². The summed E-state index contributed by atoms with van der Waals surface area (Å²) >= 11 is 0. The smallest absolute Gasteiger partial charge is 0.255 e. The number of hydrogen-bond acceptors (Lipinski definition) is 5. The lowest BCUT2D eigenvalue weighted by atomic mass is 10.0. The molecule has 3 amide bonds. The van der Waals surface area contributed by atoms with Crippen LogP contribution in [0.3, 0.4) is 0 Å². The first kappa shape index (κ1) is 22.5. The Morgan fingerprint density at radius 1 is 0.971 bits per heavy atom. The van der Waals surface area contributed by atoms with Crippen LogP contribution in [-0.2, 0) is 22.6 Å². The first-order valence-corrected chi connectivity index (χ1v) is 11.6. The van der Waals surface area contributed by atoms with Gasteiger partial charge >= 0.3 is 0 Å². The lowest BCUT2D eigenvalue weighted by Gasteiger charge is -2.36. The van der Waals surface area contributed by atoms with Crippen molar-refractivity contribution in [2.24, 2.45) is 0 Å². The van der Waals surface area contributed by atoms with E-state index in [9.17, 15) is 18.8 Å². The van der Waals surface area contributed by atoms with Gasteiger partial charge in [0.1, 0.15) is 17.7 Å². The number of nitrogens with zero attached hydrogens (tertiary/aromatic N) is 3. The second kappa shape index (κ2) is 9.13. The highest BCUT2D eigenvalue weighted by Crippen LogP contribution is 2.33. The molecular formula is C25H26F2N4O3. The molecule has 0 aromatic heterocycles. The molecule has 0 aliphatic carbocycles. The molecule has 1 unspecified atom stereocenters. The maximum absolute atomic E-state index is 15.0. The van der Waals surface area contributed by atoms with Crippen LogP contribution in [0.1, 0.15) is 34.3 Å². The maximum Gasteiger partial charge on any atom is 0.255 e.